The Labute approximate surface area is 178 Å². The van der Waals surface area contributed by atoms with Crippen LogP contribution in [0.3, 0.4) is 0 Å². The molecular weight excluding hydrogens is 382 g/mol. The van der Waals surface area contributed by atoms with Gasteiger partial charge in [0, 0.05) is 22.9 Å². The highest BCUT2D eigenvalue weighted by atomic mass is 35.5. The van der Waals surface area contributed by atoms with Gasteiger partial charge in [-0.15, -0.1) is 0 Å². The molecule has 4 aliphatic rings. The van der Waals surface area contributed by atoms with Gasteiger partial charge in [0.05, 0.1) is 5.02 Å². The van der Waals surface area contributed by atoms with E-state index in [0.29, 0.717) is 28.3 Å². The number of nitrogens with one attached hydrogen (secondary N) is 1. The van der Waals surface area contributed by atoms with Crippen LogP contribution in [0.2, 0.25) is 5.02 Å². The number of hydrogen-bond acceptors (Lipinski definition) is 2. The Hall–Kier alpha value is -1.61. The van der Waals surface area contributed by atoms with Crippen molar-refractivity contribution < 1.29 is 9.59 Å². The van der Waals surface area contributed by atoms with E-state index < -0.39 is 0 Å². The highest BCUT2D eigenvalue weighted by Gasteiger charge is 2.60. The lowest BCUT2D eigenvalue weighted by atomic mass is 9.47. The van der Waals surface area contributed by atoms with Crippen molar-refractivity contribution in [2.75, 3.05) is 0 Å². The molecule has 0 bridgehead atoms. The molecular formula is C25H30ClNO2. The van der Waals surface area contributed by atoms with E-state index in [1.807, 2.05) is 24.3 Å². The van der Waals surface area contributed by atoms with E-state index in [9.17, 15) is 9.59 Å². The number of amides is 1. The summed E-state index contributed by atoms with van der Waals surface area (Å²) in [7, 11) is 0. The second-order valence-electron chi connectivity index (χ2n) is 10.2. The predicted molar refractivity (Wildman–Crippen MR) is 115 cm³/mol. The average molecular weight is 412 g/mol. The van der Waals surface area contributed by atoms with Crippen LogP contribution in [0.5, 0.6) is 0 Å². The van der Waals surface area contributed by atoms with Crippen LogP contribution in [0.1, 0.15) is 62.7 Å². The Balaban J connectivity index is 1.44. The first-order valence-corrected chi connectivity index (χ1v) is 11.5. The first-order valence-electron chi connectivity index (χ1n) is 11.1. The largest absolute Gasteiger partial charge is 0.349 e. The first-order chi connectivity index (χ1) is 13.8. The quantitative estimate of drug-likeness (QED) is 0.659. The lowest BCUT2D eigenvalue weighted by Gasteiger charge is -2.58. The molecule has 0 spiro atoms. The number of fused-ring (bicyclic) bond motifs is 5. The number of carbonyl (C=O) groups excluding carboxylic acids is 2. The minimum Gasteiger partial charge on any atom is -0.349 e. The summed E-state index contributed by atoms with van der Waals surface area (Å²) >= 11 is 6.37. The fraction of sp³-hybridized carbons (Fsp3) is 0.600. The summed E-state index contributed by atoms with van der Waals surface area (Å²) in [5.41, 5.74) is 0.794. The lowest BCUT2D eigenvalue weighted by Crippen LogP contribution is -2.59. The zero-order chi connectivity index (χ0) is 20.4. The molecule has 0 aromatic heterocycles. The second-order valence-corrected chi connectivity index (χ2v) is 10.6. The minimum absolute atomic E-state index is 0.0446. The molecule has 1 N–H and O–H groups in total. The Morgan fingerprint density at radius 3 is 2.66 bits per heavy atom. The number of halogens is 1. The molecule has 7 atom stereocenters. The van der Waals surface area contributed by atoms with Gasteiger partial charge < -0.3 is 5.32 Å². The van der Waals surface area contributed by atoms with Crippen molar-refractivity contribution in [3.05, 3.63) is 47.0 Å². The van der Waals surface area contributed by atoms with Gasteiger partial charge in [-0.2, -0.15) is 0 Å². The summed E-state index contributed by atoms with van der Waals surface area (Å²) in [6, 6.07) is 7.77. The van der Waals surface area contributed by atoms with Crippen LogP contribution in [0.4, 0.5) is 0 Å². The maximum absolute atomic E-state index is 13.5. The normalized spacial score (nSPS) is 43.1. The van der Waals surface area contributed by atoms with Gasteiger partial charge in [-0.1, -0.05) is 43.7 Å². The van der Waals surface area contributed by atoms with Crippen molar-refractivity contribution in [2.45, 2.75) is 58.4 Å². The SMILES string of the molecule is C[C@]12C=CC(=O)N[C@@H]1CC[C@@H]1[C@@H]2CC[C@]2(C)[C@@H](C(=O)c3ccccc3Cl)CC[C@@H]12. The molecule has 1 aromatic carbocycles. The van der Waals surface area contributed by atoms with Crippen LogP contribution in [0.15, 0.2) is 36.4 Å². The van der Waals surface area contributed by atoms with Gasteiger partial charge in [0.1, 0.15) is 0 Å². The van der Waals surface area contributed by atoms with Crippen molar-refractivity contribution in [3.63, 3.8) is 0 Å². The topological polar surface area (TPSA) is 46.2 Å². The molecule has 5 rings (SSSR count). The molecule has 29 heavy (non-hydrogen) atoms. The molecule has 3 saturated carbocycles. The summed E-state index contributed by atoms with van der Waals surface area (Å²) in [5, 5.41) is 3.80. The van der Waals surface area contributed by atoms with E-state index in [1.54, 1.807) is 6.08 Å². The smallest absolute Gasteiger partial charge is 0.243 e. The Bertz CT molecular complexity index is 895. The van der Waals surface area contributed by atoms with E-state index in [-0.39, 0.29) is 34.5 Å². The maximum atomic E-state index is 13.5. The summed E-state index contributed by atoms with van der Waals surface area (Å²) in [6.07, 6.45) is 10.5. The molecule has 0 radical (unpaired) electrons. The molecule has 0 saturated heterocycles. The second kappa shape index (κ2) is 6.70. The van der Waals surface area contributed by atoms with E-state index in [1.165, 1.54) is 0 Å². The molecule has 154 valence electrons. The van der Waals surface area contributed by atoms with Crippen molar-refractivity contribution in [1.29, 1.82) is 0 Å². The van der Waals surface area contributed by atoms with Crippen molar-refractivity contribution >= 4 is 23.3 Å². The molecule has 3 nitrogen and oxygen atoms in total. The third kappa shape index (κ3) is 2.76. The van der Waals surface area contributed by atoms with Gasteiger partial charge in [-0.05, 0) is 79.9 Å². The Morgan fingerprint density at radius 2 is 1.86 bits per heavy atom. The summed E-state index contributed by atoms with van der Waals surface area (Å²) < 4.78 is 0. The number of Topliss-reactive ketones (excluding diaryl/α,β-unsaturated/α-hetero) is 1. The molecule has 3 fully saturated rings. The highest BCUT2D eigenvalue weighted by molar-refractivity contribution is 6.34. The lowest BCUT2D eigenvalue weighted by molar-refractivity contribution is -0.122. The van der Waals surface area contributed by atoms with Crippen molar-refractivity contribution in [2.24, 2.45) is 34.5 Å². The van der Waals surface area contributed by atoms with E-state index in [4.69, 9.17) is 11.6 Å². The van der Waals surface area contributed by atoms with E-state index in [2.05, 4.69) is 25.2 Å². The van der Waals surface area contributed by atoms with Crippen LogP contribution in [0, 0.1) is 34.5 Å². The Morgan fingerprint density at radius 1 is 1.07 bits per heavy atom. The molecule has 0 unspecified atom stereocenters. The number of ketones is 1. The summed E-state index contributed by atoms with van der Waals surface area (Å²) in [4.78, 5) is 25.4. The first kappa shape index (κ1) is 19.4. The van der Waals surface area contributed by atoms with E-state index >= 15 is 0 Å². The number of hydrogen-bond donors (Lipinski definition) is 1. The van der Waals surface area contributed by atoms with Crippen LogP contribution >= 0.6 is 11.6 Å². The third-order valence-corrected chi connectivity index (χ3v) is 9.47. The van der Waals surface area contributed by atoms with Crippen molar-refractivity contribution in [1.82, 2.24) is 5.32 Å². The fourth-order valence-electron chi connectivity index (χ4n) is 7.61. The molecule has 1 aromatic rings. The number of carbonyl (C=O) groups is 2. The number of benzene rings is 1. The molecule has 1 amide bonds. The molecule has 4 heteroatoms. The minimum atomic E-state index is 0.0446. The highest BCUT2D eigenvalue weighted by Crippen LogP contribution is 2.65. The predicted octanol–water partition coefficient (Wildman–Crippen LogP) is 5.44. The monoisotopic (exact) mass is 411 g/mol. The van der Waals surface area contributed by atoms with Crippen LogP contribution in [0.25, 0.3) is 0 Å². The average Bonchev–Trinajstić information content (AvgIpc) is 3.05. The summed E-state index contributed by atoms with van der Waals surface area (Å²) in [5.74, 6) is 2.17. The van der Waals surface area contributed by atoms with E-state index in [0.717, 1.165) is 38.5 Å². The molecule has 1 aliphatic heterocycles. The molecule has 1 heterocycles. The van der Waals surface area contributed by atoms with Gasteiger partial charge >= 0.3 is 0 Å². The zero-order valence-electron chi connectivity index (χ0n) is 17.3. The summed E-state index contributed by atoms with van der Waals surface area (Å²) in [6.45, 7) is 4.71. The van der Waals surface area contributed by atoms with Gasteiger partial charge in [-0.25, -0.2) is 0 Å². The van der Waals surface area contributed by atoms with Gasteiger partial charge in [0.25, 0.3) is 0 Å². The zero-order valence-corrected chi connectivity index (χ0v) is 18.0. The maximum Gasteiger partial charge on any atom is 0.243 e. The van der Waals surface area contributed by atoms with Crippen LogP contribution in [-0.4, -0.2) is 17.7 Å². The Kier molecular flexibility index (Phi) is 4.47. The fourth-order valence-corrected chi connectivity index (χ4v) is 7.84. The van der Waals surface area contributed by atoms with Crippen LogP contribution in [-0.2, 0) is 4.79 Å². The third-order valence-electron chi connectivity index (χ3n) is 9.14. The number of rotatable bonds is 2. The van der Waals surface area contributed by atoms with Crippen LogP contribution < -0.4 is 5.32 Å². The van der Waals surface area contributed by atoms with Gasteiger partial charge in [-0.3, -0.25) is 9.59 Å². The molecule has 3 aliphatic carbocycles. The van der Waals surface area contributed by atoms with Gasteiger partial charge in [0.2, 0.25) is 5.91 Å². The standard InChI is InChI=1S/C25H30ClNO2/c1-24-13-11-18-15(7-10-21-25(18,2)14-12-22(28)27-21)17(24)8-9-19(24)23(29)16-5-3-4-6-20(16)26/h3-6,12,14-15,17-19,21H,7-11,13H2,1-2H3,(H,27,28)/t15-,17-,18-,19+,21+,24-,25+/m0/s1. The van der Waals surface area contributed by atoms with Gasteiger partial charge in [0.15, 0.2) is 5.78 Å². The van der Waals surface area contributed by atoms with Crippen molar-refractivity contribution in [3.8, 4) is 0 Å².